The number of ether oxygens (including phenoxy) is 1. The largest absolute Gasteiger partial charge is 0.465 e. The summed E-state index contributed by atoms with van der Waals surface area (Å²) in [7, 11) is 1.31. The number of esters is 1. The van der Waals surface area contributed by atoms with Gasteiger partial charge in [0.25, 0.3) is 5.91 Å². The number of rotatable bonds is 6. The van der Waals surface area contributed by atoms with Crippen molar-refractivity contribution in [1.82, 2.24) is 4.98 Å². The summed E-state index contributed by atoms with van der Waals surface area (Å²) < 4.78 is 4.70. The normalized spacial score (nSPS) is 10.2. The highest BCUT2D eigenvalue weighted by molar-refractivity contribution is 6.05. The van der Waals surface area contributed by atoms with Gasteiger partial charge in [-0.15, -0.1) is 0 Å². The second-order valence-corrected chi connectivity index (χ2v) is 6.33. The number of anilines is 2. The smallest absolute Gasteiger partial charge is 0.337 e. The van der Waals surface area contributed by atoms with Gasteiger partial charge in [-0.1, -0.05) is 35.9 Å². The van der Waals surface area contributed by atoms with Crippen LogP contribution in [0.5, 0.6) is 0 Å². The van der Waals surface area contributed by atoms with Crippen LogP contribution in [0.1, 0.15) is 31.8 Å². The number of aromatic nitrogens is 1. The molecule has 0 saturated heterocycles. The highest BCUT2D eigenvalue weighted by Gasteiger charge is 2.10. The number of carbonyl (C=O) groups is 2. The fourth-order valence-corrected chi connectivity index (χ4v) is 2.62. The summed E-state index contributed by atoms with van der Waals surface area (Å²) in [6.45, 7) is 2.68. The molecule has 0 aliphatic carbocycles. The van der Waals surface area contributed by atoms with Gasteiger partial charge in [-0.25, -0.2) is 4.79 Å². The van der Waals surface area contributed by atoms with E-state index in [9.17, 15) is 9.59 Å². The van der Waals surface area contributed by atoms with Crippen molar-refractivity contribution in [3.63, 3.8) is 0 Å². The summed E-state index contributed by atoms with van der Waals surface area (Å²) in [6, 6.07) is 16.5. The molecule has 28 heavy (non-hydrogen) atoms. The molecule has 1 heterocycles. The van der Waals surface area contributed by atoms with Crippen LogP contribution in [0.2, 0.25) is 0 Å². The predicted molar refractivity (Wildman–Crippen MR) is 108 cm³/mol. The van der Waals surface area contributed by atoms with E-state index in [0.29, 0.717) is 23.4 Å². The fraction of sp³-hybridized carbons (Fsp3) is 0.136. The van der Waals surface area contributed by atoms with Crippen LogP contribution in [0.3, 0.4) is 0 Å². The van der Waals surface area contributed by atoms with Gasteiger partial charge < -0.3 is 15.4 Å². The lowest BCUT2D eigenvalue weighted by atomic mass is 10.1. The van der Waals surface area contributed by atoms with Crippen LogP contribution in [0.15, 0.2) is 67.0 Å². The van der Waals surface area contributed by atoms with Gasteiger partial charge in [-0.05, 0) is 36.8 Å². The molecule has 0 saturated carbocycles. The average molecular weight is 375 g/mol. The number of amides is 1. The number of benzene rings is 2. The van der Waals surface area contributed by atoms with Gasteiger partial charge in [0.05, 0.1) is 23.9 Å². The lowest BCUT2D eigenvalue weighted by Gasteiger charge is -2.09. The van der Waals surface area contributed by atoms with E-state index < -0.39 is 5.97 Å². The molecule has 0 spiro atoms. The number of hydrogen-bond donors (Lipinski definition) is 2. The standard InChI is InChI=1S/C22H21N3O3/c1-15-6-8-16(9-7-15)12-24-20-11-18(13-23-14-20)21(26)25-19-5-3-4-17(10-19)22(27)28-2/h3-11,13-14,24H,12H2,1-2H3,(H,25,26). The number of nitrogens with zero attached hydrogens (tertiary/aromatic N) is 1. The Morgan fingerprint density at radius 3 is 2.46 bits per heavy atom. The molecule has 1 amide bonds. The Kier molecular flexibility index (Phi) is 6.01. The van der Waals surface area contributed by atoms with Crippen molar-refractivity contribution in [1.29, 1.82) is 0 Å². The van der Waals surface area contributed by atoms with Crippen LogP contribution in [0, 0.1) is 6.92 Å². The number of pyridine rings is 1. The second-order valence-electron chi connectivity index (χ2n) is 6.33. The van der Waals surface area contributed by atoms with Crippen molar-refractivity contribution in [3.05, 3.63) is 89.2 Å². The summed E-state index contributed by atoms with van der Waals surface area (Å²) >= 11 is 0. The third-order valence-electron chi connectivity index (χ3n) is 4.16. The zero-order valence-electron chi connectivity index (χ0n) is 15.7. The Bertz CT molecular complexity index is 984. The first-order valence-electron chi connectivity index (χ1n) is 8.79. The van der Waals surface area contributed by atoms with Crippen LogP contribution in [0.25, 0.3) is 0 Å². The van der Waals surface area contributed by atoms with Gasteiger partial charge in [-0.2, -0.15) is 0 Å². The van der Waals surface area contributed by atoms with E-state index in [-0.39, 0.29) is 5.91 Å². The van der Waals surface area contributed by atoms with Gasteiger partial charge in [0, 0.05) is 24.6 Å². The first-order chi connectivity index (χ1) is 13.5. The van der Waals surface area contributed by atoms with Crippen LogP contribution in [-0.2, 0) is 11.3 Å². The van der Waals surface area contributed by atoms with E-state index >= 15 is 0 Å². The molecule has 0 fully saturated rings. The molecule has 0 aliphatic rings. The van der Waals surface area contributed by atoms with Gasteiger partial charge in [-0.3, -0.25) is 9.78 Å². The molecular formula is C22H21N3O3. The lowest BCUT2D eigenvalue weighted by molar-refractivity contribution is 0.0600. The van der Waals surface area contributed by atoms with Crippen LogP contribution >= 0.6 is 0 Å². The van der Waals surface area contributed by atoms with Crippen LogP contribution < -0.4 is 10.6 Å². The van der Waals surface area contributed by atoms with Gasteiger partial charge >= 0.3 is 5.97 Å². The molecular weight excluding hydrogens is 354 g/mol. The lowest BCUT2D eigenvalue weighted by Crippen LogP contribution is -2.13. The van der Waals surface area contributed by atoms with Crippen LogP contribution in [0.4, 0.5) is 11.4 Å². The Hall–Kier alpha value is -3.67. The molecule has 0 aliphatic heterocycles. The van der Waals surface area contributed by atoms with E-state index in [2.05, 4.69) is 39.9 Å². The number of aryl methyl sites for hydroxylation is 1. The summed E-state index contributed by atoms with van der Waals surface area (Å²) in [6.07, 6.45) is 3.17. The molecule has 142 valence electrons. The van der Waals surface area contributed by atoms with E-state index in [1.807, 2.05) is 6.92 Å². The first-order valence-corrected chi connectivity index (χ1v) is 8.79. The average Bonchev–Trinajstić information content (AvgIpc) is 2.73. The van der Waals surface area contributed by atoms with Gasteiger partial charge in [0.15, 0.2) is 0 Å². The molecule has 6 nitrogen and oxygen atoms in total. The first kappa shape index (κ1) is 19.1. The Labute approximate surface area is 163 Å². The van der Waals surface area contributed by atoms with E-state index in [4.69, 9.17) is 4.74 Å². The van der Waals surface area contributed by atoms with Crippen molar-refractivity contribution in [2.24, 2.45) is 0 Å². The maximum absolute atomic E-state index is 12.5. The monoisotopic (exact) mass is 375 g/mol. The Balaban J connectivity index is 1.66. The molecule has 0 radical (unpaired) electrons. The number of nitrogens with one attached hydrogen (secondary N) is 2. The summed E-state index contributed by atoms with van der Waals surface area (Å²) in [5, 5.41) is 6.04. The highest BCUT2D eigenvalue weighted by atomic mass is 16.5. The van der Waals surface area contributed by atoms with Crippen molar-refractivity contribution < 1.29 is 14.3 Å². The zero-order valence-corrected chi connectivity index (χ0v) is 15.7. The SMILES string of the molecule is COC(=O)c1cccc(NC(=O)c2cncc(NCc3ccc(C)cc3)c2)c1. The number of hydrogen-bond acceptors (Lipinski definition) is 5. The maximum atomic E-state index is 12.5. The minimum absolute atomic E-state index is 0.312. The molecule has 2 aromatic carbocycles. The van der Waals surface area contributed by atoms with E-state index in [1.54, 1.807) is 36.5 Å². The summed E-state index contributed by atoms with van der Waals surface area (Å²) in [5.41, 5.74) is 4.38. The Morgan fingerprint density at radius 2 is 1.71 bits per heavy atom. The quantitative estimate of drug-likeness (QED) is 0.636. The highest BCUT2D eigenvalue weighted by Crippen LogP contribution is 2.15. The van der Waals surface area contributed by atoms with Gasteiger partial charge in [0.2, 0.25) is 0 Å². The minimum Gasteiger partial charge on any atom is -0.465 e. The Morgan fingerprint density at radius 1 is 0.964 bits per heavy atom. The van der Waals surface area contributed by atoms with Crippen LogP contribution in [-0.4, -0.2) is 24.0 Å². The number of carbonyl (C=O) groups excluding carboxylic acids is 2. The number of methoxy groups -OCH3 is 1. The second kappa shape index (κ2) is 8.81. The minimum atomic E-state index is -0.458. The molecule has 1 aromatic heterocycles. The zero-order chi connectivity index (χ0) is 19.9. The maximum Gasteiger partial charge on any atom is 0.337 e. The topological polar surface area (TPSA) is 80.3 Å². The van der Waals surface area contributed by atoms with Crippen molar-refractivity contribution >= 4 is 23.3 Å². The van der Waals surface area contributed by atoms with Crippen molar-refractivity contribution in [3.8, 4) is 0 Å². The third kappa shape index (κ3) is 4.94. The molecule has 0 unspecified atom stereocenters. The summed E-state index contributed by atoms with van der Waals surface area (Å²) in [5.74, 6) is -0.770. The molecule has 0 bridgehead atoms. The van der Waals surface area contributed by atoms with E-state index in [0.717, 1.165) is 11.3 Å². The molecule has 3 aromatic rings. The molecule has 3 rings (SSSR count). The molecule has 0 atom stereocenters. The summed E-state index contributed by atoms with van der Waals surface area (Å²) in [4.78, 5) is 28.3. The van der Waals surface area contributed by atoms with Crippen molar-refractivity contribution in [2.75, 3.05) is 17.7 Å². The van der Waals surface area contributed by atoms with Gasteiger partial charge in [0.1, 0.15) is 0 Å². The third-order valence-corrected chi connectivity index (χ3v) is 4.16. The van der Waals surface area contributed by atoms with E-state index in [1.165, 1.54) is 18.9 Å². The molecule has 2 N–H and O–H groups in total. The van der Waals surface area contributed by atoms with Crippen molar-refractivity contribution in [2.45, 2.75) is 13.5 Å². The predicted octanol–water partition coefficient (Wildman–Crippen LogP) is 4.04. The molecule has 6 heteroatoms. The fourth-order valence-electron chi connectivity index (χ4n) is 2.62.